The van der Waals surface area contributed by atoms with E-state index >= 15 is 0 Å². The van der Waals surface area contributed by atoms with Crippen molar-refractivity contribution in [3.05, 3.63) is 34.9 Å². The maximum absolute atomic E-state index is 12.7. The molecule has 2 heterocycles. The van der Waals surface area contributed by atoms with Crippen LogP contribution in [-0.2, 0) is 6.42 Å². The fourth-order valence-electron chi connectivity index (χ4n) is 4.52. The van der Waals surface area contributed by atoms with E-state index in [1.807, 2.05) is 17.7 Å². The lowest BCUT2D eigenvalue weighted by atomic mass is 9.75. The van der Waals surface area contributed by atoms with E-state index in [4.69, 9.17) is 10.7 Å². The summed E-state index contributed by atoms with van der Waals surface area (Å²) in [6.07, 6.45) is 9.26. The number of aromatic nitrogens is 3. The molecule has 2 aliphatic rings. The lowest BCUT2D eigenvalue weighted by Gasteiger charge is -2.29. The third-order valence-corrected chi connectivity index (χ3v) is 5.80. The lowest BCUT2D eigenvalue weighted by Crippen LogP contribution is -2.28. The maximum atomic E-state index is 12.7. The van der Waals surface area contributed by atoms with Crippen molar-refractivity contribution in [1.82, 2.24) is 14.5 Å². The summed E-state index contributed by atoms with van der Waals surface area (Å²) in [5.74, 6) is 0.605. The molecule has 2 aliphatic carbocycles. The Kier molecular flexibility index (Phi) is 4.48. The van der Waals surface area contributed by atoms with Crippen LogP contribution in [0.5, 0.6) is 0 Å². The van der Waals surface area contributed by atoms with Gasteiger partial charge in [-0.05, 0) is 37.2 Å². The molecule has 1 amide bonds. The third-order valence-electron chi connectivity index (χ3n) is 5.80. The molecule has 0 atom stereocenters. The zero-order chi connectivity index (χ0) is 20.1. The molecule has 4 rings (SSSR count). The van der Waals surface area contributed by atoms with Gasteiger partial charge in [0.05, 0.1) is 6.20 Å². The van der Waals surface area contributed by atoms with Gasteiger partial charge in [0.2, 0.25) is 0 Å². The van der Waals surface area contributed by atoms with Gasteiger partial charge in [0.1, 0.15) is 0 Å². The molecule has 0 radical (unpaired) electrons. The molecule has 0 spiro atoms. The number of aryl methyl sites for hydroxylation is 1. The van der Waals surface area contributed by atoms with Crippen molar-refractivity contribution >= 4 is 17.5 Å². The normalized spacial score (nSPS) is 18.9. The van der Waals surface area contributed by atoms with Crippen molar-refractivity contribution in [1.29, 1.82) is 0 Å². The number of hydrogen-bond donors (Lipinski definition) is 2. The van der Waals surface area contributed by atoms with Gasteiger partial charge in [-0.3, -0.25) is 9.59 Å². The zero-order valence-corrected chi connectivity index (χ0v) is 16.7. The fraction of sp³-hybridized carbons (Fsp3) is 0.524. The highest BCUT2D eigenvalue weighted by Crippen LogP contribution is 2.38. The lowest BCUT2D eigenvalue weighted by molar-refractivity contribution is 0.0909. The van der Waals surface area contributed by atoms with E-state index in [2.05, 4.69) is 24.1 Å². The van der Waals surface area contributed by atoms with Crippen LogP contribution in [0.3, 0.4) is 0 Å². The second-order valence-corrected chi connectivity index (χ2v) is 8.86. The number of Topliss-reactive ketones (excluding diaryl/α,β-unsaturated/α-hetero) is 1. The number of nitrogens with zero attached hydrogens (tertiary/aromatic N) is 3. The molecule has 1 saturated carbocycles. The van der Waals surface area contributed by atoms with Gasteiger partial charge in [0.15, 0.2) is 23.1 Å². The summed E-state index contributed by atoms with van der Waals surface area (Å²) >= 11 is 0. The Hall–Kier alpha value is -2.70. The summed E-state index contributed by atoms with van der Waals surface area (Å²) < 4.78 is 1.95. The van der Waals surface area contributed by atoms with Crippen LogP contribution in [0.2, 0.25) is 0 Å². The summed E-state index contributed by atoms with van der Waals surface area (Å²) in [5, 5.41) is 3.36. The minimum Gasteiger partial charge on any atom is -0.365 e. The van der Waals surface area contributed by atoms with E-state index in [1.165, 1.54) is 0 Å². The average Bonchev–Trinajstić information content (AvgIpc) is 3.21. The first-order valence-electron chi connectivity index (χ1n) is 9.93. The van der Waals surface area contributed by atoms with E-state index in [1.54, 1.807) is 6.20 Å². The molecule has 3 N–H and O–H groups in total. The number of hydrogen-bond acceptors (Lipinski definition) is 5. The molecule has 0 unspecified atom stereocenters. The Morgan fingerprint density at radius 2 is 2.00 bits per heavy atom. The predicted octanol–water partition coefficient (Wildman–Crippen LogP) is 3.18. The minimum atomic E-state index is -0.596. The van der Waals surface area contributed by atoms with Crippen LogP contribution in [0.1, 0.15) is 78.1 Å². The number of nitrogens with two attached hydrogens (primary N) is 1. The van der Waals surface area contributed by atoms with Crippen LogP contribution in [-0.4, -0.2) is 32.3 Å². The largest absolute Gasteiger partial charge is 0.365 e. The molecule has 0 saturated heterocycles. The number of carbonyl (C=O) groups excluding carboxylic acids is 2. The van der Waals surface area contributed by atoms with Gasteiger partial charge in [-0.1, -0.05) is 26.7 Å². The molecule has 148 valence electrons. The molecule has 2 aromatic rings. The molecule has 7 heteroatoms. The van der Waals surface area contributed by atoms with Crippen molar-refractivity contribution in [2.75, 3.05) is 5.32 Å². The molecule has 0 aliphatic heterocycles. The second-order valence-electron chi connectivity index (χ2n) is 8.86. The standard InChI is InChI=1S/C21H27N5O2/c1-12-11-26(14-8-21(2,3)9-15(27)17(12)14)16-10-23-18(19(22)28)20(25-16)24-13-6-4-5-7-13/h10-11,13H,4-9H2,1-3H3,(H2,22,28)(H,24,25). The molecule has 7 nitrogen and oxygen atoms in total. The Labute approximate surface area is 164 Å². The van der Waals surface area contributed by atoms with Gasteiger partial charge in [0, 0.05) is 29.9 Å². The molecule has 28 heavy (non-hydrogen) atoms. The van der Waals surface area contributed by atoms with Crippen molar-refractivity contribution in [2.24, 2.45) is 11.1 Å². The van der Waals surface area contributed by atoms with Crippen LogP contribution in [0.4, 0.5) is 5.82 Å². The number of primary amides is 1. The van der Waals surface area contributed by atoms with E-state index in [0.29, 0.717) is 18.1 Å². The van der Waals surface area contributed by atoms with Gasteiger partial charge in [-0.2, -0.15) is 0 Å². The molecule has 1 fully saturated rings. The summed E-state index contributed by atoms with van der Waals surface area (Å²) in [4.78, 5) is 33.5. The summed E-state index contributed by atoms with van der Waals surface area (Å²) in [5.41, 5.74) is 8.28. The highest BCUT2D eigenvalue weighted by atomic mass is 16.1. The van der Waals surface area contributed by atoms with Crippen LogP contribution in [0.25, 0.3) is 5.82 Å². The van der Waals surface area contributed by atoms with Gasteiger partial charge >= 0.3 is 0 Å². The smallest absolute Gasteiger partial charge is 0.271 e. The second kappa shape index (κ2) is 6.72. The number of amides is 1. The predicted molar refractivity (Wildman–Crippen MR) is 107 cm³/mol. The number of carbonyl (C=O) groups is 2. The Morgan fingerprint density at radius 3 is 2.68 bits per heavy atom. The van der Waals surface area contributed by atoms with Crippen molar-refractivity contribution in [3.8, 4) is 5.82 Å². The molecule has 0 aromatic carbocycles. The van der Waals surface area contributed by atoms with Gasteiger partial charge in [-0.25, -0.2) is 9.97 Å². The van der Waals surface area contributed by atoms with Crippen LogP contribution >= 0.6 is 0 Å². The number of anilines is 1. The van der Waals surface area contributed by atoms with E-state index in [-0.39, 0.29) is 22.9 Å². The Balaban J connectivity index is 1.79. The molecule has 0 bridgehead atoms. The highest BCUT2D eigenvalue weighted by Gasteiger charge is 2.35. The first-order chi connectivity index (χ1) is 13.2. The summed E-state index contributed by atoms with van der Waals surface area (Å²) in [6.45, 7) is 6.17. The number of ketones is 1. The quantitative estimate of drug-likeness (QED) is 0.847. The fourth-order valence-corrected chi connectivity index (χ4v) is 4.52. The van der Waals surface area contributed by atoms with Crippen LogP contribution in [0, 0.1) is 12.3 Å². The molecular formula is C21H27N5O2. The van der Waals surface area contributed by atoms with Crippen LogP contribution < -0.4 is 11.1 Å². The number of fused-ring (bicyclic) bond motifs is 1. The van der Waals surface area contributed by atoms with Crippen molar-refractivity contribution < 1.29 is 9.59 Å². The van der Waals surface area contributed by atoms with Gasteiger partial charge in [-0.15, -0.1) is 0 Å². The average molecular weight is 381 g/mol. The Bertz CT molecular complexity index is 954. The minimum absolute atomic E-state index is 0.0991. The highest BCUT2D eigenvalue weighted by molar-refractivity contribution is 6.00. The van der Waals surface area contributed by atoms with Gasteiger partial charge < -0.3 is 15.6 Å². The van der Waals surface area contributed by atoms with Crippen molar-refractivity contribution in [2.45, 2.75) is 65.3 Å². The number of nitrogens with one attached hydrogen (secondary N) is 1. The third kappa shape index (κ3) is 3.30. The topological polar surface area (TPSA) is 103 Å². The molecular weight excluding hydrogens is 354 g/mol. The Morgan fingerprint density at radius 1 is 1.29 bits per heavy atom. The first-order valence-corrected chi connectivity index (χ1v) is 9.93. The van der Waals surface area contributed by atoms with E-state index in [0.717, 1.165) is 48.9 Å². The SMILES string of the molecule is Cc1cn(-c2cnc(C(N)=O)c(NC3CCCC3)n2)c2c1C(=O)CC(C)(C)C2. The summed E-state index contributed by atoms with van der Waals surface area (Å²) in [7, 11) is 0. The summed E-state index contributed by atoms with van der Waals surface area (Å²) in [6, 6.07) is 0.281. The zero-order valence-electron chi connectivity index (χ0n) is 16.7. The maximum Gasteiger partial charge on any atom is 0.271 e. The monoisotopic (exact) mass is 381 g/mol. The van der Waals surface area contributed by atoms with Gasteiger partial charge in [0.25, 0.3) is 5.91 Å². The van der Waals surface area contributed by atoms with E-state index < -0.39 is 5.91 Å². The van der Waals surface area contributed by atoms with Crippen LogP contribution in [0.15, 0.2) is 12.4 Å². The molecule has 2 aromatic heterocycles. The van der Waals surface area contributed by atoms with Crippen molar-refractivity contribution in [3.63, 3.8) is 0 Å². The first kappa shape index (κ1) is 18.7. The van der Waals surface area contributed by atoms with E-state index in [9.17, 15) is 9.59 Å². The number of rotatable bonds is 4.